The number of hydrogen-bond donors (Lipinski definition) is 2. The van der Waals surface area contributed by atoms with E-state index in [4.69, 9.17) is 10.6 Å². The highest BCUT2D eigenvalue weighted by Crippen LogP contribution is 2.30. The van der Waals surface area contributed by atoms with Crippen LogP contribution in [0.25, 0.3) is 0 Å². The van der Waals surface area contributed by atoms with Crippen molar-refractivity contribution < 1.29 is 14.0 Å². The number of nitrogens with zero attached hydrogens (tertiary/aromatic N) is 2. The molecule has 0 aliphatic carbocycles. The Morgan fingerprint density at radius 1 is 1.13 bits per heavy atom. The summed E-state index contributed by atoms with van der Waals surface area (Å²) < 4.78 is 13.5. The lowest BCUT2D eigenvalue weighted by molar-refractivity contribution is -0.0829. The summed E-state index contributed by atoms with van der Waals surface area (Å²) in [6, 6.07) is 17.6. The van der Waals surface area contributed by atoms with Gasteiger partial charge in [0.15, 0.2) is 11.6 Å². The predicted molar refractivity (Wildman–Crippen MR) is 112 cm³/mol. The van der Waals surface area contributed by atoms with Crippen molar-refractivity contribution >= 4 is 17.5 Å². The van der Waals surface area contributed by atoms with E-state index >= 15 is 0 Å². The van der Waals surface area contributed by atoms with Crippen molar-refractivity contribution in [3.63, 3.8) is 0 Å². The molecule has 1 fully saturated rings. The maximum atomic E-state index is 13.5. The number of nitrogens with two attached hydrogens (primary N) is 1. The van der Waals surface area contributed by atoms with Crippen LogP contribution in [0.5, 0.6) is 0 Å². The van der Waals surface area contributed by atoms with E-state index in [-0.39, 0.29) is 17.9 Å². The average molecular weight is 402 g/mol. The monoisotopic (exact) mass is 402 g/mol. The van der Waals surface area contributed by atoms with Gasteiger partial charge in [0.1, 0.15) is 0 Å². The van der Waals surface area contributed by atoms with Crippen LogP contribution in [0.3, 0.4) is 0 Å². The maximum absolute atomic E-state index is 13.5. The number of nitrogens with one attached hydrogen (secondary N) is 1. The smallest absolute Gasteiger partial charge is 0.346 e. The Kier molecular flexibility index (Phi) is 5.59. The van der Waals surface area contributed by atoms with Crippen LogP contribution in [0.2, 0.25) is 0 Å². The molecular weight excluding hydrogens is 383 g/mol. The molecule has 30 heavy (non-hydrogen) atoms. The fourth-order valence-electron chi connectivity index (χ4n) is 3.16. The van der Waals surface area contributed by atoms with Crippen molar-refractivity contribution in [2.45, 2.75) is 12.5 Å². The Bertz CT molecular complexity index is 1120. The number of rotatable bonds is 2. The van der Waals surface area contributed by atoms with E-state index in [1.165, 1.54) is 17.3 Å². The largest absolute Gasteiger partial charge is 0.381 e. The van der Waals surface area contributed by atoms with Crippen molar-refractivity contribution in [3.05, 3.63) is 89.4 Å². The summed E-state index contributed by atoms with van der Waals surface area (Å²) in [5, 5.41) is 4.22. The van der Waals surface area contributed by atoms with Crippen molar-refractivity contribution in [2.24, 2.45) is 0 Å². The first-order valence-corrected chi connectivity index (χ1v) is 9.41. The number of hydrogen-bond acceptors (Lipinski definition) is 4. The zero-order valence-corrected chi connectivity index (χ0v) is 16.0. The number of pyridine rings is 1. The van der Waals surface area contributed by atoms with Crippen molar-refractivity contribution in [1.82, 2.24) is 10.0 Å². The molecule has 4 rings (SSSR count). The number of carbonyl (C=O) groups excluding carboxylic acids is 1. The predicted octanol–water partition coefficient (Wildman–Crippen LogP) is 4.11. The number of hydroxylamine groups is 2. The van der Waals surface area contributed by atoms with E-state index in [9.17, 15) is 9.18 Å². The molecule has 6 nitrogen and oxygen atoms in total. The zero-order valence-electron chi connectivity index (χ0n) is 16.0. The number of anilines is 2. The standard InChI is InChI=1S/C23H19FN4O2/c24-20-14-17(15-26-22(20)25)10-9-16-5-4-8-19(13-16)27-23(29)28-21(11-12-30-28)18-6-2-1-3-7-18/h1-8,13-15,21H,11-12H2,(H2,25,26)(H,27,29)/t21-/m0/s1. The van der Waals surface area contributed by atoms with Crippen LogP contribution >= 0.6 is 0 Å². The Labute approximate surface area is 173 Å². The molecule has 150 valence electrons. The molecule has 1 aromatic heterocycles. The first-order chi connectivity index (χ1) is 14.6. The number of nitrogen functional groups attached to an aromatic ring is 1. The molecule has 1 atom stereocenters. The first kappa shape index (κ1) is 19.4. The van der Waals surface area contributed by atoms with Crippen molar-refractivity contribution in [2.75, 3.05) is 17.7 Å². The highest BCUT2D eigenvalue weighted by atomic mass is 19.1. The van der Waals surface area contributed by atoms with Gasteiger partial charge in [0.05, 0.1) is 12.6 Å². The van der Waals surface area contributed by atoms with E-state index in [2.05, 4.69) is 22.1 Å². The highest BCUT2D eigenvalue weighted by Gasteiger charge is 2.31. The molecule has 1 aliphatic heterocycles. The van der Waals surface area contributed by atoms with E-state index in [1.54, 1.807) is 24.3 Å². The number of aromatic nitrogens is 1. The molecule has 0 saturated carbocycles. The molecule has 0 bridgehead atoms. The van der Waals surface area contributed by atoms with Gasteiger partial charge < -0.3 is 11.1 Å². The lowest BCUT2D eigenvalue weighted by atomic mass is 10.1. The second kappa shape index (κ2) is 8.64. The topological polar surface area (TPSA) is 80.5 Å². The minimum atomic E-state index is -0.610. The van der Waals surface area contributed by atoms with Crippen molar-refractivity contribution in [1.29, 1.82) is 0 Å². The molecule has 1 aliphatic rings. The molecule has 7 heteroatoms. The minimum Gasteiger partial charge on any atom is -0.381 e. The second-order valence-electron chi connectivity index (χ2n) is 6.73. The number of halogens is 1. The Morgan fingerprint density at radius 2 is 1.93 bits per heavy atom. The van der Waals surface area contributed by atoms with E-state index in [1.807, 2.05) is 30.3 Å². The maximum Gasteiger partial charge on any atom is 0.346 e. The summed E-state index contributed by atoms with van der Waals surface area (Å²) in [7, 11) is 0. The number of amides is 2. The van der Waals surface area contributed by atoms with Crippen LogP contribution in [-0.4, -0.2) is 22.7 Å². The Balaban J connectivity index is 1.47. The van der Waals surface area contributed by atoms with Gasteiger partial charge in [-0.25, -0.2) is 14.2 Å². The molecule has 0 spiro atoms. The van der Waals surface area contributed by atoms with Gasteiger partial charge in [-0.15, -0.1) is 0 Å². The lowest BCUT2D eigenvalue weighted by Crippen LogP contribution is -2.33. The number of benzene rings is 2. The SMILES string of the molecule is Nc1ncc(C#Cc2cccc(NC(=O)N3OCC[C@H]3c3ccccc3)c2)cc1F. The van der Waals surface area contributed by atoms with Gasteiger partial charge in [-0.2, -0.15) is 5.06 Å². The number of carbonyl (C=O) groups is 1. The molecule has 0 radical (unpaired) electrons. The van der Waals surface area contributed by atoms with Crippen LogP contribution in [0.1, 0.15) is 29.2 Å². The average Bonchev–Trinajstić information content (AvgIpc) is 3.26. The fourth-order valence-corrected chi connectivity index (χ4v) is 3.16. The molecular formula is C23H19FN4O2. The van der Waals surface area contributed by atoms with Crippen LogP contribution in [0.15, 0.2) is 66.9 Å². The number of urea groups is 1. The van der Waals surface area contributed by atoms with Crippen LogP contribution in [0, 0.1) is 17.7 Å². The van der Waals surface area contributed by atoms with Crippen molar-refractivity contribution in [3.8, 4) is 11.8 Å². The van der Waals surface area contributed by atoms with Crippen LogP contribution < -0.4 is 11.1 Å². The minimum absolute atomic E-state index is 0.137. The van der Waals surface area contributed by atoms with Gasteiger partial charge in [-0.05, 0) is 29.8 Å². The second-order valence-corrected chi connectivity index (χ2v) is 6.73. The van der Waals surface area contributed by atoms with Gasteiger partial charge >= 0.3 is 6.03 Å². The molecule has 2 amide bonds. The van der Waals surface area contributed by atoms with Gasteiger partial charge in [0.25, 0.3) is 0 Å². The van der Waals surface area contributed by atoms with Crippen LogP contribution in [-0.2, 0) is 4.84 Å². The summed E-state index contributed by atoms with van der Waals surface area (Å²) in [6.45, 7) is 0.477. The Morgan fingerprint density at radius 3 is 2.73 bits per heavy atom. The zero-order chi connectivity index (χ0) is 20.9. The first-order valence-electron chi connectivity index (χ1n) is 9.41. The highest BCUT2D eigenvalue weighted by molar-refractivity contribution is 5.89. The van der Waals surface area contributed by atoms with Gasteiger partial charge in [0.2, 0.25) is 0 Å². The Hall–Kier alpha value is -3.89. The quantitative estimate of drug-likeness (QED) is 0.632. The van der Waals surface area contributed by atoms with E-state index in [0.29, 0.717) is 23.4 Å². The molecule has 3 N–H and O–H groups in total. The van der Waals surface area contributed by atoms with E-state index < -0.39 is 5.82 Å². The molecule has 2 heterocycles. The van der Waals surface area contributed by atoms with E-state index in [0.717, 1.165) is 12.0 Å². The molecule has 1 saturated heterocycles. The molecule has 0 unspecified atom stereocenters. The summed E-state index contributed by atoms with van der Waals surface area (Å²) >= 11 is 0. The summed E-state index contributed by atoms with van der Waals surface area (Å²) in [5.74, 6) is 5.00. The van der Waals surface area contributed by atoms with Gasteiger partial charge in [-0.1, -0.05) is 48.2 Å². The third-order valence-corrected chi connectivity index (χ3v) is 4.62. The lowest BCUT2D eigenvalue weighted by Gasteiger charge is -2.23. The summed E-state index contributed by atoms with van der Waals surface area (Å²) in [6.07, 6.45) is 2.14. The normalized spacial score (nSPS) is 15.4. The molecule has 3 aromatic rings. The van der Waals surface area contributed by atoms with Gasteiger partial charge in [0, 0.05) is 29.4 Å². The summed E-state index contributed by atoms with van der Waals surface area (Å²) in [5.41, 5.74) is 8.04. The van der Waals surface area contributed by atoms with Crippen LogP contribution in [0.4, 0.5) is 20.7 Å². The summed E-state index contributed by atoms with van der Waals surface area (Å²) in [4.78, 5) is 22.0. The third-order valence-electron chi connectivity index (χ3n) is 4.62. The van der Waals surface area contributed by atoms with Gasteiger partial charge in [-0.3, -0.25) is 4.84 Å². The fraction of sp³-hybridized carbons (Fsp3) is 0.130. The third kappa shape index (κ3) is 4.40. The molecule has 2 aromatic carbocycles.